The highest BCUT2D eigenvalue weighted by molar-refractivity contribution is 5.73. The van der Waals surface area contributed by atoms with Crippen molar-refractivity contribution in [2.75, 3.05) is 0 Å². The monoisotopic (exact) mass is 118 g/mol. The molecule has 0 aliphatic heterocycles. The van der Waals surface area contributed by atoms with Crippen LogP contribution in [0.3, 0.4) is 0 Å². The van der Waals surface area contributed by atoms with Crippen LogP contribution in [0.5, 0.6) is 0 Å². The Balaban J connectivity index is 3.64. The minimum absolute atomic E-state index is 0.479. The fourth-order valence-electron chi connectivity index (χ4n) is 0.225. The van der Waals surface area contributed by atoms with Crippen LogP contribution >= 0.6 is 0 Å². The lowest BCUT2D eigenvalue weighted by Crippen LogP contribution is -2.44. The molecule has 4 nitrogen and oxygen atoms in total. The first-order chi connectivity index (χ1) is 3.55. The third-order valence-corrected chi connectivity index (χ3v) is 0.852. The van der Waals surface area contributed by atoms with Gasteiger partial charge in [-0.2, -0.15) is 0 Å². The molecule has 0 heterocycles. The van der Waals surface area contributed by atoms with Crippen LogP contribution < -0.4 is 11.5 Å². The number of rotatable bonds is 2. The first-order valence-corrected chi connectivity index (χ1v) is 2.29. The maximum Gasteiger partial charge on any atom is 0.322 e. The van der Waals surface area contributed by atoms with Crippen molar-refractivity contribution in [3.8, 4) is 0 Å². The van der Waals surface area contributed by atoms with Gasteiger partial charge in [-0.05, 0) is 6.92 Å². The minimum Gasteiger partial charge on any atom is -0.480 e. The van der Waals surface area contributed by atoms with Gasteiger partial charge >= 0.3 is 5.97 Å². The molecule has 0 fully saturated rings. The summed E-state index contributed by atoms with van der Waals surface area (Å²) in [5.41, 5.74) is 10.2. The minimum atomic E-state index is -1.06. The van der Waals surface area contributed by atoms with E-state index in [1.807, 2.05) is 0 Å². The van der Waals surface area contributed by atoms with Crippen molar-refractivity contribution in [3.05, 3.63) is 0 Å². The van der Waals surface area contributed by atoms with Gasteiger partial charge < -0.3 is 16.6 Å². The number of carboxylic acid groups (broad SMARTS) is 1. The third kappa shape index (κ3) is 1.90. The van der Waals surface area contributed by atoms with E-state index in [1.165, 1.54) is 0 Å². The van der Waals surface area contributed by atoms with E-state index in [4.69, 9.17) is 16.6 Å². The maximum absolute atomic E-state index is 9.94. The molecule has 0 bridgehead atoms. The van der Waals surface area contributed by atoms with E-state index >= 15 is 0 Å². The van der Waals surface area contributed by atoms with Gasteiger partial charge in [0.15, 0.2) is 0 Å². The third-order valence-electron chi connectivity index (χ3n) is 0.852. The molecule has 4 heteroatoms. The van der Waals surface area contributed by atoms with Gasteiger partial charge in [0.1, 0.15) is 6.04 Å². The number of carbonyl (C=O) groups is 1. The zero-order chi connectivity index (χ0) is 6.73. The van der Waals surface area contributed by atoms with Crippen LogP contribution in [0.25, 0.3) is 0 Å². The van der Waals surface area contributed by atoms with Crippen LogP contribution in [0.15, 0.2) is 0 Å². The standard InChI is InChI=1S/C4H10N2O2/c1-2(5)3(6)4(7)8/h2-3H,5-6H2,1H3,(H,7,8)/t2-,3+/m1/s1. The largest absolute Gasteiger partial charge is 0.480 e. The lowest BCUT2D eigenvalue weighted by molar-refractivity contribution is -0.138. The normalized spacial score (nSPS) is 17.4. The fourth-order valence-corrected chi connectivity index (χ4v) is 0.225. The predicted octanol–water partition coefficient (Wildman–Crippen LogP) is -1.25. The highest BCUT2D eigenvalue weighted by atomic mass is 16.4. The van der Waals surface area contributed by atoms with Crippen molar-refractivity contribution in [2.24, 2.45) is 11.5 Å². The first kappa shape index (κ1) is 7.39. The summed E-state index contributed by atoms with van der Waals surface area (Å²) >= 11 is 0. The molecule has 0 aliphatic rings. The summed E-state index contributed by atoms with van der Waals surface area (Å²) in [6.07, 6.45) is 0. The second kappa shape index (κ2) is 2.64. The van der Waals surface area contributed by atoms with Crippen molar-refractivity contribution in [1.29, 1.82) is 0 Å². The zero-order valence-corrected chi connectivity index (χ0v) is 4.66. The summed E-state index contributed by atoms with van der Waals surface area (Å²) in [6.45, 7) is 1.55. The van der Waals surface area contributed by atoms with Gasteiger partial charge in [0.25, 0.3) is 0 Å². The molecule has 0 saturated carbocycles. The summed E-state index contributed by atoms with van der Waals surface area (Å²) in [6, 6.07) is -1.41. The topological polar surface area (TPSA) is 89.3 Å². The molecular weight excluding hydrogens is 108 g/mol. The van der Waals surface area contributed by atoms with Gasteiger partial charge in [-0.25, -0.2) is 0 Å². The molecular formula is C4H10N2O2. The predicted molar refractivity (Wildman–Crippen MR) is 29.3 cm³/mol. The number of aliphatic carboxylic acids is 1. The molecule has 8 heavy (non-hydrogen) atoms. The summed E-state index contributed by atoms with van der Waals surface area (Å²) in [5, 5.41) is 8.15. The second-order valence-electron chi connectivity index (χ2n) is 1.72. The molecule has 0 saturated heterocycles. The molecule has 0 aliphatic carbocycles. The van der Waals surface area contributed by atoms with Gasteiger partial charge in [0, 0.05) is 6.04 Å². The number of carboxylic acids is 1. The lowest BCUT2D eigenvalue weighted by atomic mass is 10.2. The Morgan fingerprint density at radius 2 is 2.00 bits per heavy atom. The lowest BCUT2D eigenvalue weighted by Gasteiger charge is -2.08. The number of hydrogen-bond acceptors (Lipinski definition) is 3. The van der Waals surface area contributed by atoms with Crippen LogP contribution in [0.2, 0.25) is 0 Å². The van der Waals surface area contributed by atoms with Crippen molar-refractivity contribution in [1.82, 2.24) is 0 Å². The SMILES string of the molecule is C[C@@H](N)[C@H](N)C(=O)O. The fraction of sp³-hybridized carbons (Fsp3) is 0.750. The molecule has 0 unspecified atom stereocenters. The Morgan fingerprint density at radius 1 is 1.62 bits per heavy atom. The average Bonchev–Trinajstić information content (AvgIpc) is 1.64. The Bertz CT molecular complexity index is 92.0. The summed E-state index contributed by atoms with van der Waals surface area (Å²) in [5.74, 6) is -1.06. The Hall–Kier alpha value is -0.610. The van der Waals surface area contributed by atoms with E-state index in [0.717, 1.165) is 0 Å². The van der Waals surface area contributed by atoms with Crippen molar-refractivity contribution in [3.63, 3.8) is 0 Å². The molecule has 0 radical (unpaired) electrons. The Kier molecular flexibility index (Phi) is 2.44. The highest BCUT2D eigenvalue weighted by Crippen LogP contribution is 1.82. The summed E-state index contributed by atoms with van der Waals surface area (Å²) in [4.78, 5) is 9.94. The quantitative estimate of drug-likeness (QED) is 0.422. The molecule has 2 atom stereocenters. The molecule has 0 aromatic rings. The van der Waals surface area contributed by atoms with Crippen molar-refractivity contribution in [2.45, 2.75) is 19.0 Å². The summed E-state index contributed by atoms with van der Waals surface area (Å²) < 4.78 is 0. The van der Waals surface area contributed by atoms with E-state index in [9.17, 15) is 4.79 Å². The van der Waals surface area contributed by atoms with Crippen LogP contribution in [0.4, 0.5) is 0 Å². The molecule has 0 rings (SSSR count). The number of hydrogen-bond donors (Lipinski definition) is 3. The van der Waals surface area contributed by atoms with Crippen LogP contribution in [0.1, 0.15) is 6.92 Å². The molecule has 0 amide bonds. The summed E-state index contributed by atoms with van der Waals surface area (Å²) in [7, 11) is 0. The van der Waals surface area contributed by atoms with E-state index in [1.54, 1.807) is 6.92 Å². The molecule has 48 valence electrons. The van der Waals surface area contributed by atoms with E-state index in [0.29, 0.717) is 0 Å². The Labute approximate surface area is 47.5 Å². The maximum atomic E-state index is 9.94. The zero-order valence-electron chi connectivity index (χ0n) is 4.66. The van der Waals surface area contributed by atoms with E-state index in [-0.39, 0.29) is 0 Å². The van der Waals surface area contributed by atoms with Gasteiger partial charge in [-0.15, -0.1) is 0 Å². The molecule has 5 N–H and O–H groups in total. The molecule has 0 aromatic carbocycles. The smallest absolute Gasteiger partial charge is 0.322 e. The van der Waals surface area contributed by atoms with Gasteiger partial charge in [-0.1, -0.05) is 0 Å². The second-order valence-corrected chi connectivity index (χ2v) is 1.72. The average molecular weight is 118 g/mol. The molecule has 0 aromatic heterocycles. The van der Waals surface area contributed by atoms with Crippen LogP contribution in [-0.2, 0) is 4.79 Å². The van der Waals surface area contributed by atoms with E-state index in [2.05, 4.69) is 0 Å². The van der Waals surface area contributed by atoms with Crippen molar-refractivity contribution >= 4 is 5.97 Å². The first-order valence-electron chi connectivity index (χ1n) is 2.29. The van der Waals surface area contributed by atoms with Crippen molar-refractivity contribution < 1.29 is 9.90 Å². The van der Waals surface area contributed by atoms with Gasteiger partial charge in [0.2, 0.25) is 0 Å². The number of nitrogens with two attached hydrogens (primary N) is 2. The van der Waals surface area contributed by atoms with E-state index < -0.39 is 18.1 Å². The molecule has 0 spiro atoms. The van der Waals surface area contributed by atoms with Crippen LogP contribution in [0, 0.1) is 0 Å². The van der Waals surface area contributed by atoms with Gasteiger partial charge in [0.05, 0.1) is 0 Å². The van der Waals surface area contributed by atoms with Gasteiger partial charge in [-0.3, -0.25) is 4.79 Å². The van der Waals surface area contributed by atoms with Crippen LogP contribution in [-0.4, -0.2) is 23.2 Å². The Morgan fingerprint density at radius 3 is 2.00 bits per heavy atom. The highest BCUT2D eigenvalue weighted by Gasteiger charge is 2.14.